The maximum atomic E-state index is 5.85. The molecule has 0 aliphatic heterocycles. The van der Waals surface area contributed by atoms with Gasteiger partial charge in [-0.15, -0.1) is 0 Å². The monoisotopic (exact) mass is 316 g/mol. The molecule has 0 radical (unpaired) electrons. The van der Waals surface area contributed by atoms with Gasteiger partial charge in [0.15, 0.2) is 0 Å². The fourth-order valence-electron chi connectivity index (χ4n) is 0.743. The first-order chi connectivity index (χ1) is 5.00. The van der Waals surface area contributed by atoms with E-state index in [1.807, 2.05) is 31.2 Å². The molecule has 0 aliphatic rings. The van der Waals surface area contributed by atoms with Gasteiger partial charge in [0.1, 0.15) is 0 Å². The molecule has 1 aromatic rings. The van der Waals surface area contributed by atoms with Gasteiger partial charge in [-0.3, -0.25) is 0 Å². The first-order valence-corrected chi connectivity index (χ1v) is 15.4. The van der Waals surface area contributed by atoms with Gasteiger partial charge in [0.05, 0.1) is 0 Å². The van der Waals surface area contributed by atoms with Crippen molar-refractivity contribution in [3.8, 4) is 0 Å². The average Bonchev–Trinajstić information content (AvgIpc) is 1.86. The zero-order valence-electron chi connectivity index (χ0n) is 5.94. The molecule has 1 aromatic carbocycles. The number of hydrogen-bond donors (Lipinski definition) is 0. The quantitative estimate of drug-likeness (QED) is 0.699. The van der Waals surface area contributed by atoms with E-state index in [9.17, 15) is 0 Å². The molecular weight excluding hydrogens is 309 g/mol. The van der Waals surface area contributed by atoms with E-state index >= 15 is 0 Å². The van der Waals surface area contributed by atoms with Crippen molar-refractivity contribution in [2.24, 2.45) is 0 Å². The fraction of sp³-hybridized carbons (Fsp3) is 0.143. The van der Waals surface area contributed by atoms with Crippen LogP contribution < -0.4 is 3.58 Å². The molecule has 11 heavy (non-hydrogen) atoms. The Morgan fingerprint density at radius 2 is 1.45 bits per heavy atom. The molecule has 0 atom stereocenters. The first-order valence-electron chi connectivity index (χ1n) is 3.14. The summed E-state index contributed by atoms with van der Waals surface area (Å²) in [5.41, 5.74) is 1.19. The number of benzene rings is 1. The topological polar surface area (TPSA) is 0 Å². The van der Waals surface area contributed by atoms with Crippen LogP contribution in [0.3, 0.4) is 0 Å². The summed E-state index contributed by atoms with van der Waals surface area (Å²) in [7, 11) is 17.6. The van der Waals surface area contributed by atoms with Crippen molar-refractivity contribution < 1.29 is 0 Å². The van der Waals surface area contributed by atoms with E-state index in [1.165, 1.54) is 5.56 Å². The SMILES string of the molecule is Cc1cc[c]([Sn]([Cl])([Cl])[Cl])cc1. The van der Waals surface area contributed by atoms with E-state index < -0.39 is 15.0 Å². The Hall–Kier alpha value is 0.889. The summed E-state index contributed by atoms with van der Waals surface area (Å²) >= 11 is -3.33. The van der Waals surface area contributed by atoms with Crippen LogP contribution >= 0.6 is 26.8 Å². The first kappa shape index (κ1) is 9.97. The molecule has 4 heteroatoms. The second-order valence-corrected chi connectivity index (χ2v) is 22.2. The normalized spacial score (nSPS) is 11.6. The molecule has 0 aromatic heterocycles. The average molecular weight is 316 g/mol. The summed E-state index contributed by atoms with van der Waals surface area (Å²) in [6.07, 6.45) is 0. The van der Waals surface area contributed by atoms with E-state index in [1.54, 1.807) is 0 Å². The third-order valence-corrected chi connectivity index (χ3v) is 8.59. The van der Waals surface area contributed by atoms with E-state index in [-0.39, 0.29) is 0 Å². The Bertz CT molecular complexity index is 237. The molecule has 1 rings (SSSR count). The van der Waals surface area contributed by atoms with Gasteiger partial charge >= 0.3 is 82.1 Å². The van der Waals surface area contributed by atoms with E-state index in [2.05, 4.69) is 0 Å². The zero-order chi connectivity index (χ0) is 8.48. The molecule has 0 aliphatic carbocycles. The van der Waals surface area contributed by atoms with Crippen LogP contribution in [0, 0.1) is 6.92 Å². The fourth-order valence-corrected chi connectivity index (χ4v) is 4.83. The minimum absolute atomic E-state index is 0.912. The second kappa shape index (κ2) is 3.73. The molecule has 0 N–H and O–H groups in total. The summed E-state index contributed by atoms with van der Waals surface area (Å²) in [6, 6.07) is 7.74. The van der Waals surface area contributed by atoms with Gasteiger partial charge in [-0.1, -0.05) is 0 Å². The van der Waals surface area contributed by atoms with Crippen LogP contribution in [0.4, 0.5) is 0 Å². The van der Waals surface area contributed by atoms with Crippen LogP contribution in [0.2, 0.25) is 0 Å². The van der Waals surface area contributed by atoms with Crippen molar-refractivity contribution >= 4 is 45.3 Å². The van der Waals surface area contributed by atoms with E-state index in [0.29, 0.717) is 0 Å². The predicted molar refractivity (Wildman–Crippen MR) is 54.1 cm³/mol. The van der Waals surface area contributed by atoms with E-state index in [4.69, 9.17) is 26.8 Å². The maximum absolute atomic E-state index is 5.85. The Morgan fingerprint density at radius 1 is 1.00 bits per heavy atom. The van der Waals surface area contributed by atoms with Gasteiger partial charge in [-0.2, -0.15) is 0 Å². The van der Waals surface area contributed by atoms with Crippen molar-refractivity contribution in [2.75, 3.05) is 0 Å². The van der Waals surface area contributed by atoms with Gasteiger partial charge in [0.2, 0.25) is 0 Å². The van der Waals surface area contributed by atoms with Crippen molar-refractivity contribution in [1.29, 1.82) is 0 Å². The summed E-state index contributed by atoms with van der Waals surface area (Å²) in [5.74, 6) is 0. The van der Waals surface area contributed by atoms with Crippen LogP contribution in [0.25, 0.3) is 0 Å². The molecule has 0 amide bonds. The van der Waals surface area contributed by atoms with Gasteiger partial charge < -0.3 is 0 Å². The van der Waals surface area contributed by atoms with Gasteiger partial charge in [0.25, 0.3) is 0 Å². The van der Waals surface area contributed by atoms with Crippen LogP contribution in [0.5, 0.6) is 0 Å². The summed E-state index contributed by atoms with van der Waals surface area (Å²) in [5, 5.41) is 0. The molecule has 0 saturated carbocycles. The van der Waals surface area contributed by atoms with Gasteiger partial charge in [0, 0.05) is 0 Å². The third-order valence-electron chi connectivity index (χ3n) is 1.38. The Labute approximate surface area is 81.5 Å². The Kier molecular flexibility index (Phi) is 3.38. The Morgan fingerprint density at radius 3 is 1.82 bits per heavy atom. The molecule has 0 bridgehead atoms. The predicted octanol–water partition coefficient (Wildman–Crippen LogP) is 2.86. The molecule has 0 unspecified atom stereocenters. The third kappa shape index (κ3) is 3.02. The Balaban J connectivity index is 2.99. The number of aryl methyl sites for hydroxylation is 1. The summed E-state index contributed by atoms with van der Waals surface area (Å²) in [6.45, 7) is 2.01. The van der Waals surface area contributed by atoms with E-state index in [0.717, 1.165) is 3.58 Å². The van der Waals surface area contributed by atoms with Crippen molar-refractivity contribution in [3.05, 3.63) is 29.8 Å². The van der Waals surface area contributed by atoms with Crippen LogP contribution in [0.15, 0.2) is 24.3 Å². The van der Waals surface area contributed by atoms with Crippen LogP contribution in [-0.4, -0.2) is 15.0 Å². The molecule has 0 heterocycles. The molecule has 0 fully saturated rings. The summed E-state index contributed by atoms with van der Waals surface area (Å²) in [4.78, 5) is 0. The molecule has 60 valence electrons. The number of halogens is 3. The number of hydrogen-bond acceptors (Lipinski definition) is 0. The second-order valence-electron chi connectivity index (χ2n) is 2.36. The van der Waals surface area contributed by atoms with Crippen LogP contribution in [-0.2, 0) is 0 Å². The zero-order valence-corrected chi connectivity index (χ0v) is 11.1. The summed E-state index contributed by atoms with van der Waals surface area (Å²) < 4.78 is 0.912. The van der Waals surface area contributed by atoms with Crippen molar-refractivity contribution in [3.63, 3.8) is 0 Å². The molecule has 0 nitrogen and oxygen atoms in total. The molecule has 0 spiro atoms. The van der Waals surface area contributed by atoms with Gasteiger partial charge in [-0.05, 0) is 0 Å². The standard InChI is InChI=1S/C7H7.3ClH.Sn/c1-7-5-3-2-4-6-7;;;;/h3-6H,1H3;3*1H;/q;;;;+3/p-3. The van der Waals surface area contributed by atoms with Crippen LogP contribution in [0.1, 0.15) is 5.56 Å². The van der Waals surface area contributed by atoms with Crippen molar-refractivity contribution in [1.82, 2.24) is 0 Å². The molecular formula is C7H7Cl3Sn. The number of rotatable bonds is 1. The van der Waals surface area contributed by atoms with Gasteiger partial charge in [-0.25, -0.2) is 0 Å². The minimum atomic E-state index is -3.33. The molecule has 0 saturated heterocycles. The van der Waals surface area contributed by atoms with Crippen molar-refractivity contribution in [2.45, 2.75) is 6.92 Å².